The van der Waals surface area contributed by atoms with Crippen molar-refractivity contribution in [2.45, 2.75) is 38.8 Å². The van der Waals surface area contributed by atoms with Gasteiger partial charge in [-0.05, 0) is 26.7 Å². The molecular weight excluding hydrogens is 244 g/mol. The van der Waals surface area contributed by atoms with Gasteiger partial charge in [0.25, 0.3) is 5.91 Å². The predicted octanol–water partition coefficient (Wildman–Crippen LogP) is 0.605. The van der Waals surface area contributed by atoms with Crippen LogP contribution in [0.25, 0.3) is 0 Å². The number of nitrogens with one attached hydrogen (secondary N) is 1. The lowest BCUT2D eigenvalue weighted by Gasteiger charge is -2.38. The SMILES string of the molecule is COC1CCN(C(=O)c2c(C)n[nH]c2C)C(CN)C1. The molecule has 2 rings (SSSR count). The first-order chi connectivity index (χ1) is 9.08. The highest BCUT2D eigenvalue weighted by Crippen LogP contribution is 2.23. The van der Waals surface area contributed by atoms with E-state index in [1.165, 1.54) is 0 Å². The van der Waals surface area contributed by atoms with Crippen LogP contribution in [-0.2, 0) is 4.74 Å². The number of piperidine rings is 1. The average molecular weight is 266 g/mol. The van der Waals surface area contributed by atoms with Gasteiger partial charge in [0.05, 0.1) is 17.4 Å². The standard InChI is InChI=1S/C13H22N4O2/c1-8-12(9(2)16-15-8)13(18)17-5-4-11(19-3)6-10(17)7-14/h10-11H,4-7,14H2,1-3H3,(H,15,16). The number of methoxy groups -OCH3 is 1. The van der Waals surface area contributed by atoms with Crippen molar-refractivity contribution >= 4 is 5.91 Å². The van der Waals surface area contributed by atoms with Crippen molar-refractivity contribution < 1.29 is 9.53 Å². The van der Waals surface area contributed by atoms with Gasteiger partial charge in [-0.25, -0.2) is 0 Å². The minimum atomic E-state index is 0.0220. The summed E-state index contributed by atoms with van der Waals surface area (Å²) in [7, 11) is 1.71. The monoisotopic (exact) mass is 266 g/mol. The summed E-state index contributed by atoms with van der Waals surface area (Å²) in [5.41, 5.74) is 8.04. The molecule has 106 valence electrons. The van der Waals surface area contributed by atoms with E-state index < -0.39 is 0 Å². The summed E-state index contributed by atoms with van der Waals surface area (Å²) in [6, 6.07) is 0.0416. The maximum atomic E-state index is 12.6. The van der Waals surface area contributed by atoms with Crippen LogP contribution in [0.1, 0.15) is 34.6 Å². The molecule has 0 bridgehead atoms. The summed E-state index contributed by atoms with van der Waals surface area (Å²) in [6.07, 6.45) is 1.85. The first kappa shape index (κ1) is 14.0. The van der Waals surface area contributed by atoms with E-state index in [4.69, 9.17) is 10.5 Å². The molecule has 2 atom stereocenters. The number of amides is 1. The number of hydrogen-bond donors (Lipinski definition) is 2. The molecule has 19 heavy (non-hydrogen) atoms. The van der Waals surface area contributed by atoms with Crippen LogP contribution in [0.15, 0.2) is 0 Å². The molecule has 0 aliphatic carbocycles. The fraction of sp³-hybridized carbons (Fsp3) is 0.692. The Morgan fingerprint density at radius 3 is 2.84 bits per heavy atom. The number of aryl methyl sites for hydroxylation is 2. The van der Waals surface area contributed by atoms with Crippen molar-refractivity contribution in [3.05, 3.63) is 17.0 Å². The molecule has 2 unspecified atom stereocenters. The Morgan fingerprint density at radius 1 is 1.58 bits per heavy atom. The van der Waals surface area contributed by atoms with Crippen LogP contribution < -0.4 is 5.73 Å². The minimum Gasteiger partial charge on any atom is -0.381 e. The molecule has 1 fully saturated rings. The van der Waals surface area contributed by atoms with E-state index in [9.17, 15) is 4.79 Å². The molecular formula is C13H22N4O2. The van der Waals surface area contributed by atoms with Crippen LogP contribution in [0.4, 0.5) is 0 Å². The number of ether oxygens (including phenoxy) is 1. The highest BCUT2D eigenvalue weighted by atomic mass is 16.5. The molecule has 0 aromatic carbocycles. The van der Waals surface area contributed by atoms with Gasteiger partial charge in [0, 0.05) is 31.9 Å². The number of likely N-dealkylation sites (tertiary alicyclic amines) is 1. The Kier molecular flexibility index (Phi) is 4.21. The van der Waals surface area contributed by atoms with E-state index in [1.54, 1.807) is 7.11 Å². The smallest absolute Gasteiger partial charge is 0.257 e. The number of aromatic amines is 1. The molecule has 6 nitrogen and oxygen atoms in total. The normalized spacial score (nSPS) is 23.7. The van der Waals surface area contributed by atoms with E-state index in [0.717, 1.165) is 24.2 Å². The fourth-order valence-corrected chi connectivity index (χ4v) is 2.73. The molecule has 0 spiro atoms. The van der Waals surface area contributed by atoms with Crippen molar-refractivity contribution in [2.75, 3.05) is 20.2 Å². The highest BCUT2D eigenvalue weighted by molar-refractivity contribution is 5.96. The van der Waals surface area contributed by atoms with Gasteiger partial charge < -0.3 is 15.4 Å². The Labute approximate surface area is 113 Å². The molecule has 0 radical (unpaired) electrons. The van der Waals surface area contributed by atoms with Crippen molar-refractivity contribution in [2.24, 2.45) is 5.73 Å². The average Bonchev–Trinajstić information content (AvgIpc) is 2.76. The fourth-order valence-electron chi connectivity index (χ4n) is 2.73. The van der Waals surface area contributed by atoms with Gasteiger partial charge in [-0.2, -0.15) is 5.10 Å². The molecule has 0 saturated carbocycles. The number of carbonyl (C=O) groups is 1. The third-order valence-corrected chi connectivity index (χ3v) is 3.88. The van der Waals surface area contributed by atoms with Crippen LogP contribution in [0.5, 0.6) is 0 Å². The molecule has 1 amide bonds. The molecule has 1 aliphatic heterocycles. The van der Waals surface area contributed by atoms with Crippen LogP contribution >= 0.6 is 0 Å². The van der Waals surface area contributed by atoms with Crippen molar-refractivity contribution in [3.8, 4) is 0 Å². The Balaban J connectivity index is 2.19. The van der Waals surface area contributed by atoms with Crippen LogP contribution in [0.2, 0.25) is 0 Å². The molecule has 1 aromatic heterocycles. The largest absolute Gasteiger partial charge is 0.381 e. The molecule has 1 aliphatic rings. The van der Waals surface area contributed by atoms with Crippen LogP contribution in [0, 0.1) is 13.8 Å². The number of rotatable bonds is 3. The Morgan fingerprint density at radius 2 is 2.32 bits per heavy atom. The zero-order valence-electron chi connectivity index (χ0n) is 11.8. The quantitative estimate of drug-likeness (QED) is 0.839. The zero-order valence-corrected chi connectivity index (χ0v) is 11.8. The molecule has 1 saturated heterocycles. The van der Waals surface area contributed by atoms with Crippen molar-refractivity contribution in [1.29, 1.82) is 0 Å². The second kappa shape index (κ2) is 5.71. The molecule has 6 heteroatoms. The Bertz CT molecular complexity index is 438. The van der Waals surface area contributed by atoms with Gasteiger partial charge in [-0.3, -0.25) is 9.89 Å². The van der Waals surface area contributed by atoms with E-state index in [-0.39, 0.29) is 18.1 Å². The van der Waals surface area contributed by atoms with Crippen molar-refractivity contribution in [1.82, 2.24) is 15.1 Å². The lowest BCUT2D eigenvalue weighted by molar-refractivity contribution is 0.0138. The summed E-state index contributed by atoms with van der Waals surface area (Å²) in [4.78, 5) is 14.5. The topological polar surface area (TPSA) is 84.2 Å². The van der Waals surface area contributed by atoms with Crippen LogP contribution in [-0.4, -0.2) is 53.3 Å². The van der Waals surface area contributed by atoms with E-state index in [0.29, 0.717) is 18.7 Å². The van der Waals surface area contributed by atoms with E-state index in [2.05, 4.69) is 10.2 Å². The maximum absolute atomic E-state index is 12.6. The number of H-pyrrole nitrogens is 1. The second-order valence-electron chi connectivity index (χ2n) is 5.08. The highest BCUT2D eigenvalue weighted by Gasteiger charge is 2.33. The van der Waals surface area contributed by atoms with Gasteiger partial charge >= 0.3 is 0 Å². The number of aromatic nitrogens is 2. The van der Waals surface area contributed by atoms with Gasteiger partial charge in [0.2, 0.25) is 0 Å². The lowest BCUT2D eigenvalue weighted by atomic mass is 9.98. The minimum absolute atomic E-state index is 0.0220. The molecule has 1 aromatic rings. The summed E-state index contributed by atoms with van der Waals surface area (Å²) >= 11 is 0. The van der Waals surface area contributed by atoms with Gasteiger partial charge in [-0.15, -0.1) is 0 Å². The van der Waals surface area contributed by atoms with Gasteiger partial charge in [0.1, 0.15) is 0 Å². The summed E-state index contributed by atoms with van der Waals surface area (Å²) < 4.78 is 5.38. The third-order valence-electron chi connectivity index (χ3n) is 3.88. The number of nitrogens with two attached hydrogens (primary N) is 1. The van der Waals surface area contributed by atoms with Gasteiger partial charge in [0.15, 0.2) is 0 Å². The van der Waals surface area contributed by atoms with Gasteiger partial charge in [-0.1, -0.05) is 0 Å². The summed E-state index contributed by atoms with van der Waals surface area (Å²) in [6.45, 7) is 4.85. The summed E-state index contributed by atoms with van der Waals surface area (Å²) in [5.74, 6) is 0.0220. The lowest BCUT2D eigenvalue weighted by Crippen LogP contribution is -2.51. The second-order valence-corrected chi connectivity index (χ2v) is 5.08. The number of nitrogens with zero attached hydrogens (tertiary/aromatic N) is 2. The number of hydrogen-bond acceptors (Lipinski definition) is 4. The Hall–Kier alpha value is -1.40. The van der Waals surface area contributed by atoms with Crippen molar-refractivity contribution in [3.63, 3.8) is 0 Å². The first-order valence-electron chi connectivity index (χ1n) is 6.63. The predicted molar refractivity (Wildman–Crippen MR) is 72.0 cm³/mol. The van der Waals surface area contributed by atoms with E-state index in [1.807, 2.05) is 18.7 Å². The molecule has 3 N–H and O–H groups in total. The third kappa shape index (κ3) is 2.64. The zero-order chi connectivity index (χ0) is 14.0. The van der Waals surface area contributed by atoms with E-state index >= 15 is 0 Å². The van der Waals surface area contributed by atoms with Crippen LogP contribution in [0.3, 0.4) is 0 Å². The summed E-state index contributed by atoms with van der Waals surface area (Å²) in [5, 5.41) is 6.94. The number of carbonyl (C=O) groups excluding carboxylic acids is 1. The molecule has 2 heterocycles. The maximum Gasteiger partial charge on any atom is 0.257 e. The first-order valence-corrected chi connectivity index (χ1v) is 6.63.